The third-order valence-corrected chi connectivity index (χ3v) is 5.26. The highest BCUT2D eigenvalue weighted by Gasteiger charge is 2.29. The van der Waals surface area contributed by atoms with Gasteiger partial charge in [0.1, 0.15) is 11.6 Å². The maximum Gasteiger partial charge on any atom is 0.258 e. The Morgan fingerprint density at radius 1 is 1.11 bits per heavy atom. The van der Waals surface area contributed by atoms with Crippen LogP contribution in [0.4, 0.5) is 14.5 Å². The highest BCUT2D eigenvalue weighted by molar-refractivity contribution is 6.07. The van der Waals surface area contributed by atoms with Crippen molar-refractivity contribution in [2.45, 2.75) is 38.2 Å². The highest BCUT2D eigenvalue weighted by atomic mass is 19.1. The molecule has 1 amide bonds. The number of ether oxygens (including phenoxy) is 2. The molecule has 0 radical (unpaired) electrons. The number of methoxy groups -OCH3 is 1. The number of halogens is 2. The first-order valence-electron chi connectivity index (χ1n) is 9.21. The second-order valence-corrected chi connectivity index (χ2v) is 6.98. The van der Waals surface area contributed by atoms with Crippen molar-refractivity contribution in [2.75, 3.05) is 18.6 Å². The quantitative estimate of drug-likeness (QED) is 0.792. The first-order valence-corrected chi connectivity index (χ1v) is 9.21. The predicted octanol–water partition coefficient (Wildman–Crippen LogP) is 4.50. The van der Waals surface area contributed by atoms with Crippen LogP contribution in [0.15, 0.2) is 30.3 Å². The lowest BCUT2D eigenvalue weighted by Gasteiger charge is -2.20. The molecule has 1 saturated carbocycles. The summed E-state index contributed by atoms with van der Waals surface area (Å²) in [6, 6.07) is 7.08. The Hall–Kier alpha value is -2.63. The average Bonchev–Trinajstić information content (AvgIpc) is 3.31. The first kappa shape index (κ1) is 17.8. The van der Waals surface area contributed by atoms with E-state index in [1.807, 2.05) is 0 Å². The summed E-state index contributed by atoms with van der Waals surface area (Å²) in [4.78, 5) is 14.4. The van der Waals surface area contributed by atoms with Gasteiger partial charge in [0.2, 0.25) is 0 Å². The molecule has 1 aliphatic carbocycles. The Labute approximate surface area is 156 Å². The fraction of sp³-hybridized carbons (Fsp3) is 0.381. The van der Waals surface area contributed by atoms with E-state index in [9.17, 15) is 13.6 Å². The first-order chi connectivity index (χ1) is 13.1. The van der Waals surface area contributed by atoms with Crippen LogP contribution in [-0.4, -0.2) is 25.7 Å². The van der Waals surface area contributed by atoms with E-state index in [1.165, 1.54) is 18.1 Å². The number of benzene rings is 2. The van der Waals surface area contributed by atoms with Crippen molar-refractivity contribution in [3.8, 4) is 11.5 Å². The standard InChI is InChI=1S/C21H21F2NO3/c1-26-20-10-13(6-7-19(20)27-15-4-2-3-5-15)21(25)24-9-8-16-17(23)11-14(22)12-18(16)24/h6-7,10-12,15H,2-5,8-9H2,1H3. The fourth-order valence-corrected chi connectivity index (χ4v) is 3.87. The number of amides is 1. The molecule has 0 N–H and O–H groups in total. The molecule has 4 nitrogen and oxygen atoms in total. The molecule has 142 valence electrons. The van der Waals surface area contributed by atoms with E-state index in [0.29, 0.717) is 41.3 Å². The second kappa shape index (κ2) is 7.18. The zero-order valence-corrected chi connectivity index (χ0v) is 15.1. The maximum atomic E-state index is 13.9. The summed E-state index contributed by atoms with van der Waals surface area (Å²) in [6.45, 7) is 0.317. The molecule has 6 heteroatoms. The van der Waals surface area contributed by atoms with Crippen LogP contribution in [0.2, 0.25) is 0 Å². The number of carbonyl (C=O) groups excluding carboxylic acids is 1. The molecule has 1 fully saturated rings. The van der Waals surface area contributed by atoms with Gasteiger partial charge in [0.05, 0.1) is 18.9 Å². The van der Waals surface area contributed by atoms with Crippen LogP contribution in [0.5, 0.6) is 11.5 Å². The number of rotatable bonds is 4. The number of anilines is 1. The van der Waals surface area contributed by atoms with Crippen LogP contribution in [0.3, 0.4) is 0 Å². The number of carbonyl (C=O) groups is 1. The van der Waals surface area contributed by atoms with E-state index in [4.69, 9.17) is 9.47 Å². The topological polar surface area (TPSA) is 38.8 Å². The number of nitrogens with zero attached hydrogens (tertiary/aromatic N) is 1. The van der Waals surface area contributed by atoms with Crippen LogP contribution >= 0.6 is 0 Å². The van der Waals surface area contributed by atoms with Gasteiger partial charge in [0.25, 0.3) is 5.91 Å². The maximum absolute atomic E-state index is 13.9. The summed E-state index contributed by atoms with van der Waals surface area (Å²) in [7, 11) is 1.53. The van der Waals surface area contributed by atoms with E-state index >= 15 is 0 Å². The molecule has 4 rings (SSSR count). The molecule has 0 atom stereocenters. The van der Waals surface area contributed by atoms with Crippen molar-refractivity contribution < 1.29 is 23.0 Å². The largest absolute Gasteiger partial charge is 0.493 e. The molecule has 0 spiro atoms. The van der Waals surface area contributed by atoms with Crippen LogP contribution in [0.1, 0.15) is 41.6 Å². The summed E-state index contributed by atoms with van der Waals surface area (Å²) in [5.74, 6) is -0.524. The molecule has 2 aliphatic rings. The summed E-state index contributed by atoms with van der Waals surface area (Å²) in [6.07, 6.45) is 4.90. The number of hydrogen-bond donors (Lipinski definition) is 0. The summed E-state index contributed by atoms with van der Waals surface area (Å²) >= 11 is 0. The smallest absolute Gasteiger partial charge is 0.258 e. The van der Waals surface area contributed by atoms with Gasteiger partial charge < -0.3 is 14.4 Å². The van der Waals surface area contributed by atoms with E-state index in [0.717, 1.165) is 31.7 Å². The molecule has 0 aromatic heterocycles. The van der Waals surface area contributed by atoms with Crippen LogP contribution < -0.4 is 14.4 Å². The lowest BCUT2D eigenvalue weighted by atomic mass is 10.1. The van der Waals surface area contributed by atoms with Crippen molar-refractivity contribution in [3.05, 3.63) is 53.1 Å². The van der Waals surface area contributed by atoms with Crippen LogP contribution in [-0.2, 0) is 6.42 Å². The fourth-order valence-electron chi connectivity index (χ4n) is 3.87. The molecule has 1 heterocycles. The van der Waals surface area contributed by atoms with E-state index in [-0.39, 0.29) is 12.0 Å². The highest BCUT2D eigenvalue weighted by Crippen LogP contribution is 2.35. The third kappa shape index (κ3) is 3.36. The minimum Gasteiger partial charge on any atom is -0.493 e. The van der Waals surface area contributed by atoms with Crippen LogP contribution in [0.25, 0.3) is 0 Å². The molecule has 2 aromatic carbocycles. The monoisotopic (exact) mass is 373 g/mol. The molecular weight excluding hydrogens is 352 g/mol. The summed E-state index contributed by atoms with van der Waals surface area (Å²) < 4.78 is 39.0. The van der Waals surface area contributed by atoms with Crippen molar-refractivity contribution in [1.82, 2.24) is 0 Å². The summed E-state index contributed by atoms with van der Waals surface area (Å²) in [5, 5.41) is 0. The van der Waals surface area contributed by atoms with Gasteiger partial charge >= 0.3 is 0 Å². The Kier molecular flexibility index (Phi) is 4.72. The van der Waals surface area contributed by atoms with Gasteiger partial charge in [-0.3, -0.25) is 4.79 Å². The van der Waals surface area contributed by atoms with Crippen molar-refractivity contribution in [1.29, 1.82) is 0 Å². The minimum atomic E-state index is -0.691. The molecule has 0 bridgehead atoms. The van der Waals surface area contributed by atoms with Gasteiger partial charge in [0.15, 0.2) is 11.5 Å². The lowest BCUT2D eigenvalue weighted by molar-refractivity contribution is 0.0989. The van der Waals surface area contributed by atoms with E-state index in [1.54, 1.807) is 18.2 Å². The number of hydrogen-bond acceptors (Lipinski definition) is 3. The summed E-state index contributed by atoms with van der Waals surface area (Å²) in [5.41, 5.74) is 1.06. The van der Waals surface area contributed by atoms with Gasteiger partial charge in [0, 0.05) is 23.7 Å². The van der Waals surface area contributed by atoms with E-state index in [2.05, 4.69) is 0 Å². The predicted molar refractivity (Wildman–Crippen MR) is 97.6 cm³/mol. The molecule has 0 saturated heterocycles. The third-order valence-electron chi connectivity index (χ3n) is 5.26. The Bertz CT molecular complexity index is 878. The second-order valence-electron chi connectivity index (χ2n) is 6.98. The van der Waals surface area contributed by atoms with Crippen molar-refractivity contribution in [2.24, 2.45) is 0 Å². The zero-order chi connectivity index (χ0) is 19.0. The molecule has 1 aliphatic heterocycles. The molecule has 27 heavy (non-hydrogen) atoms. The van der Waals surface area contributed by atoms with Crippen molar-refractivity contribution >= 4 is 11.6 Å². The zero-order valence-electron chi connectivity index (χ0n) is 15.1. The normalized spacial score (nSPS) is 16.5. The molecule has 0 unspecified atom stereocenters. The molecule has 2 aromatic rings. The SMILES string of the molecule is COc1cc(C(=O)N2CCc3c(F)cc(F)cc32)ccc1OC1CCCC1. The molecular formula is C21H21F2NO3. The number of fused-ring (bicyclic) bond motifs is 1. The van der Waals surface area contributed by atoms with Crippen LogP contribution in [0, 0.1) is 11.6 Å². The van der Waals surface area contributed by atoms with Gasteiger partial charge in [-0.1, -0.05) is 0 Å². The van der Waals surface area contributed by atoms with Gasteiger partial charge in [-0.25, -0.2) is 8.78 Å². The van der Waals surface area contributed by atoms with E-state index < -0.39 is 11.6 Å². The average molecular weight is 373 g/mol. The van der Waals surface area contributed by atoms with Crippen molar-refractivity contribution in [3.63, 3.8) is 0 Å². The minimum absolute atomic E-state index is 0.178. The lowest BCUT2D eigenvalue weighted by Crippen LogP contribution is -2.29. The van der Waals surface area contributed by atoms with Gasteiger partial charge in [-0.05, 0) is 56.4 Å². The van der Waals surface area contributed by atoms with Gasteiger partial charge in [-0.2, -0.15) is 0 Å². The Morgan fingerprint density at radius 2 is 1.89 bits per heavy atom. The van der Waals surface area contributed by atoms with Gasteiger partial charge in [-0.15, -0.1) is 0 Å². The Morgan fingerprint density at radius 3 is 2.63 bits per heavy atom. The Balaban J connectivity index is 1.60.